The van der Waals surface area contributed by atoms with Gasteiger partial charge in [-0.2, -0.15) is 0 Å². The molecule has 0 aliphatic heterocycles. The largest absolute Gasteiger partial charge is 0.496 e. The predicted octanol–water partition coefficient (Wildman–Crippen LogP) is 2.46. The van der Waals surface area contributed by atoms with Crippen molar-refractivity contribution in [3.05, 3.63) is 29.3 Å². The van der Waals surface area contributed by atoms with Crippen LogP contribution in [-0.4, -0.2) is 25.2 Å². The number of hydrogen-bond acceptors (Lipinski definition) is 4. The predicted molar refractivity (Wildman–Crippen MR) is 79.8 cm³/mol. The van der Waals surface area contributed by atoms with Crippen molar-refractivity contribution < 1.29 is 14.3 Å². The molecule has 1 aromatic carbocycles. The van der Waals surface area contributed by atoms with Crippen LogP contribution in [0.2, 0.25) is 0 Å². The smallest absolute Gasteiger partial charge is 0.311 e. The molecule has 20 heavy (non-hydrogen) atoms. The van der Waals surface area contributed by atoms with E-state index in [2.05, 4.69) is 0 Å². The van der Waals surface area contributed by atoms with Crippen molar-refractivity contribution in [3.63, 3.8) is 0 Å². The van der Waals surface area contributed by atoms with E-state index in [-0.39, 0.29) is 18.4 Å². The van der Waals surface area contributed by atoms with E-state index in [0.717, 1.165) is 16.9 Å². The number of carbonyl (C=O) groups excluding carboxylic acids is 1. The molecule has 0 saturated heterocycles. The van der Waals surface area contributed by atoms with E-state index < -0.39 is 5.60 Å². The van der Waals surface area contributed by atoms with Gasteiger partial charge in [-0.15, -0.1) is 0 Å². The van der Waals surface area contributed by atoms with Crippen LogP contribution >= 0.6 is 0 Å². The molecule has 0 bridgehead atoms. The number of benzene rings is 1. The summed E-state index contributed by atoms with van der Waals surface area (Å²) >= 11 is 0. The molecule has 0 radical (unpaired) electrons. The van der Waals surface area contributed by atoms with Gasteiger partial charge in [0.1, 0.15) is 11.4 Å². The Kier molecular flexibility index (Phi) is 5.57. The summed E-state index contributed by atoms with van der Waals surface area (Å²) in [6.07, 6.45) is 0.580. The van der Waals surface area contributed by atoms with Crippen LogP contribution in [0.4, 0.5) is 0 Å². The molecule has 1 rings (SSSR count). The van der Waals surface area contributed by atoms with Crippen molar-refractivity contribution >= 4 is 5.97 Å². The zero-order chi connectivity index (χ0) is 15.3. The summed E-state index contributed by atoms with van der Waals surface area (Å²) in [4.78, 5) is 12.1. The number of hydrogen-bond donors (Lipinski definition) is 1. The molecule has 0 aliphatic rings. The van der Waals surface area contributed by atoms with E-state index in [0.29, 0.717) is 6.42 Å². The van der Waals surface area contributed by atoms with E-state index in [1.165, 1.54) is 0 Å². The maximum Gasteiger partial charge on any atom is 0.311 e. The number of carbonyl (C=O) groups is 1. The first-order valence-electron chi connectivity index (χ1n) is 6.83. The topological polar surface area (TPSA) is 61.5 Å². The van der Waals surface area contributed by atoms with Gasteiger partial charge in [-0.25, -0.2) is 0 Å². The van der Waals surface area contributed by atoms with Gasteiger partial charge >= 0.3 is 5.97 Å². The maximum absolute atomic E-state index is 12.1. The number of esters is 1. The molecule has 0 amide bonds. The molecule has 1 atom stereocenters. The van der Waals surface area contributed by atoms with Gasteiger partial charge in [0.05, 0.1) is 13.0 Å². The van der Waals surface area contributed by atoms with Crippen LogP contribution in [0.3, 0.4) is 0 Å². The van der Waals surface area contributed by atoms with Crippen LogP contribution in [0.15, 0.2) is 18.2 Å². The highest BCUT2D eigenvalue weighted by Crippen LogP contribution is 2.21. The highest BCUT2D eigenvalue weighted by Gasteiger charge is 2.24. The van der Waals surface area contributed by atoms with Crippen molar-refractivity contribution in [2.75, 3.05) is 13.7 Å². The molecule has 0 aromatic heterocycles. The summed E-state index contributed by atoms with van der Waals surface area (Å²) < 4.78 is 10.6. The summed E-state index contributed by atoms with van der Waals surface area (Å²) in [6.45, 7) is 7.83. The van der Waals surface area contributed by atoms with Gasteiger partial charge in [0.25, 0.3) is 0 Å². The van der Waals surface area contributed by atoms with Crippen LogP contribution in [0.1, 0.15) is 31.9 Å². The SMILES string of the molecule is COc1ccc(CC(CN)C(=O)OC(C)(C)C)cc1C. The standard InChI is InChI=1S/C16H25NO3/c1-11-8-12(6-7-14(11)19-5)9-13(10-17)15(18)20-16(2,3)4/h6-8,13H,9-10,17H2,1-5H3. The van der Waals surface area contributed by atoms with Crippen LogP contribution in [0, 0.1) is 12.8 Å². The lowest BCUT2D eigenvalue weighted by Crippen LogP contribution is -2.33. The molecule has 112 valence electrons. The third-order valence-corrected chi connectivity index (χ3v) is 2.97. The second-order valence-corrected chi connectivity index (χ2v) is 5.97. The quantitative estimate of drug-likeness (QED) is 0.841. The van der Waals surface area contributed by atoms with Gasteiger partial charge in [-0.05, 0) is 51.3 Å². The van der Waals surface area contributed by atoms with E-state index in [1.807, 2.05) is 45.9 Å². The Morgan fingerprint density at radius 1 is 1.35 bits per heavy atom. The first-order chi connectivity index (χ1) is 9.26. The molecule has 0 heterocycles. The minimum Gasteiger partial charge on any atom is -0.496 e. The Bertz CT molecular complexity index is 463. The molecule has 0 fully saturated rings. The number of methoxy groups -OCH3 is 1. The second-order valence-electron chi connectivity index (χ2n) is 5.97. The third-order valence-electron chi connectivity index (χ3n) is 2.97. The third kappa shape index (κ3) is 4.85. The molecule has 2 N–H and O–H groups in total. The van der Waals surface area contributed by atoms with Crippen molar-refractivity contribution in [3.8, 4) is 5.75 Å². The highest BCUT2D eigenvalue weighted by molar-refractivity contribution is 5.73. The Hall–Kier alpha value is -1.55. The van der Waals surface area contributed by atoms with Gasteiger partial charge in [-0.1, -0.05) is 12.1 Å². The maximum atomic E-state index is 12.1. The Labute approximate surface area is 121 Å². The average molecular weight is 279 g/mol. The number of rotatable bonds is 5. The summed E-state index contributed by atoms with van der Waals surface area (Å²) in [5, 5.41) is 0. The highest BCUT2D eigenvalue weighted by atomic mass is 16.6. The van der Waals surface area contributed by atoms with Gasteiger partial charge in [0.15, 0.2) is 0 Å². The van der Waals surface area contributed by atoms with Crippen molar-refractivity contribution in [2.24, 2.45) is 11.7 Å². The molecule has 1 aromatic rings. The summed E-state index contributed by atoms with van der Waals surface area (Å²) in [5.41, 5.74) is 7.33. The van der Waals surface area contributed by atoms with E-state index in [9.17, 15) is 4.79 Å². The molecule has 1 unspecified atom stereocenters. The molecular formula is C16H25NO3. The number of aryl methyl sites for hydroxylation is 1. The monoisotopic (exact) mass is 279 g/mol. The zero-order valence-electron chi connectivity index (χ0n) is 13.0. The number of ether oxygens (including phenoxy) is 2. The Morgan fingerprint density at radius 2 is 2.00 bits per heavy atom. The van der Waals surface area contributed by atoms with Crippen LogP contribution in [-0.2, 0) is 16.0 Å². The normalized spacial score (nSPS) is 12.9. The second kappa shape index (κ2) is 6.75. The van der Waals surface area contributed by atoms with Crippen molar-refractivity contribution in [1.29, 1.82) is 0 Å². The van der Waals surface area contributed by atoms with Crippen LogP contribution in [0.25, 0.3) is 0 Å². The molecule has 4 nitrogen and oxygen atoms in total. The van der Waals surface area contributed by atoms with Crippen LogP contribution < -0.4 is 10.5 Å². The van der Waals surface area contributed by atoms with Gasteiger partial charge < -0.3 is 15.2 Å². The van der Waals surface area contributed by atoms with Crippen molar-refractivity contribution in [2.45, 2.75) is 39.7 Å². The summed E-state index contributed by atoms with van der Waals surface area (Å²) in [6, 6.07) is 5.89. The van der Waals surface area contributed by atoms with Gasteiger partial charge in [0.2, 0.25) is 0 Å². The lowest BCUT2D eigenvalue weighted by molar-refractivity contribution is -0.159. The van der Waals surface area contributed by atoms with E-state index in [1.54, 1.807) is 7.11 Å². The average Bonchev–Trinajstić information content (AvgIpc) is 2.33. The molecule has 0 saturated carbocycles. The lowest BCUT2D eigenvalue weighted by atomic mass is 9.97. The Morgan fingerprint density at radius 3 is 2.45 bits per heavy atom. The molecule has 4 heteroatoms. The van der Waals surface area contributed by atoms with E-state index in [4.69, 9.17) is 15.2 Å². The van der Waals surface area contributed by atoms with Gasteiger partial charge in [-0.3, -0.25) is 4.79 Å². The molecule has 0 spiro atoms. The zero-order valence-corrected chi connectivity index (χ0v) is 13.0. The first-order valence-corrected chi connectivity index (χ1v) is 6.83. The minimum absolute atomic E-state index is 0.242. The summed E-state index contributed by atoms with van der Waals surface area (Å²) in [7, 11) is 1.64. The van der Waals surface area contributed by atoms with E-state index >= 15 is 0 Å². The molecule has 0 aliphatic carbocycles. The fourth-order valence-corrected chi connectivity index (χ4v) is 2.00. The fraction of sp³-hybridized carbons (Fsp3) is 0.562. The fourth-order valence-electron chi connectivity index (χ4n) is 2.00. The minimum atomic E-state index is -0.486. The number of nitrogens with two attached hydrogens (primary N) is 1. The molecular weight excluding hydrogens is 254 g/mol. The van der Waals surface area contributed by atoms with Crippen LogP contribution in [0.5, 0.6) is 5.75 Å². The summed E-state index contributed by atoms with van der Waals surface area (Å²) in [5.74, 6) is 0.283. The lowest BCUT2D eigenvalue weighted by Gasteiger charge is -2.23. The van der Waals surface area contributed by atoms with Crippen molar-refractivity contribution in [1.82, 2.24) is 0 Å². The first kappa shape index (κ1) is 16.5. The Balaban J connectivity index is 2.78. The van der Waals surface area contributed by atoms with Gasteiger partial charge in [0, 0.05) is 6.54 Å².